The van der Waals surface area contributed by atoms with Crippen molar-refractivity contribution in [2.45, 2.75) is 31.9 Å². The van der Waals surface area contributed by atoms with Crippen LogP contribution in [0.1, 0.15) is 18.2 Å². The molecule has 2 rings (SSSR count). The van der Waals surface area contributed by atoms with E-state index in [4.69, 9.17) is 10.5 Å². The molecule has 0 bridgehead atoms. The highest BCUT2D eigenvalue weighted by molar-refractivity contribution is 7.09. The fraction of sp³-hybridized carbons (Fsp3) is 0.636. The molecule has 0 radical (unpaired) electrons. The second kappa shape index (κ2) is 4.43. The van der Waals surface area contributed by atoms with Crippen molar-refractivity contribution in [1.82, 2.24) is 0 Å². The second-order valence-electron chi connectivity index (χ2n) is 4.09. The molecule has 0 saturated carbocycles. The molecule has 1 aliphatic heterocycles. The lowest BCUT2D eigenvalue weighted by Gasteiger charge is -2.16. The van der Waals surface area contributed by atoms with Gasteiger partial charge in [-0.1, -0.05) is 6.07 Å². The van der Waals surface area contributed by atoms with Crippen LogP contribution in [-0.2, 0) is 11.2 Å². The molecule has 0 aliphatic carbocycles. The van der Waals surface area contributed by atoms with E-state index in [0.717, 1.165) is 19.4 Å². The molecule has 0 spiro atoms. The maximum Gasteiger partial charge on any atom is 0.0551 e. The third kappa shape index (κ3) is 2.35. The van der Waals surface area contributed by atoms with Crippen LogP contribution >= 0.6 is 11.3 Å². The van der Waals surface area contributed by atoms with Crippen LogP contribution in [0.25, 0.3) is 0 Å². The van der Waals surface area contributed by atoms with Crippen LogP contribution < -0.4 is 5.73 Å². The zero-order chi connectivity index (χ0) is 9.97. The van der Waals surface area contributed by atoms with Gasteiger partial charge in [-0.25, -0.2) is 0 Å². The molecule has 78 valence electrons. The summed E-state index contributed by atoms with van der Waals surface area (Å²) in [4.78, 5) is 1.39. The molecule has 1 aliphatic rings. The predicted octanol–water partition coefficient (Wildman–Crippen LogP) is 2.04. The molecule has 2 nitrogen and oxygen atoms in total. The summed E-state index contributed by atoms with van der Waals surface area (Å²) >= 11 is 1.79. The molecule has 1 aromatic heterocycles. The summed E-state index contributed by atoms with van der Waals surface area (Å²) in [7, 11) is 0. The summed E-state index contributed by atoms with van der Waals surface area (Å²) in [5.41, 5.74) is 6.16. The van der Waals surface area contributed by atoms with Gasteiger partial charge in [-0.05, 0) is 31.2 Å². The second-order valence-corrected chi connectivity index (χ2v) is 5.12. The highest BCUT2D eigenvalue weighted by atomic mass is 32.1. The van der Waals surface area contributed by atoms with Gasteiger partial charge >= 0.3 is 0 Å². The van der Waals surface area contributed by atoms with E-state index in [1.165, 1.54) is 4.88 Å². The van der Waals surface area contributed by atoms with Gasteiger partial charge in [0.15, 0.2) is 0 Å². The summed E-state index contributed by atoms with van der Waals surface area (Å²) in [5, 5.41) is 2.11. The Morgan fingerprint density at radius 2 is 2.57 bits per heavy atom. The van der Waals surface area contributed by atoms with Gasteiger partial charge in [0.1, 0.15) is 0 Å². The Labute approximate surface area is 89.1 Å². The molecule has 3 heteroatoms. The van der Waals surface area contributed by atoms with E-state index in [1.54, 1.807) is 11.3 Å². The Balaban J connectivity index is 1.87. The van der Waals surface area contributed by atoms with Gasteiger partial charge in [0.05, 0.1) is 12.7 Å². The Kier molecular flexibility index (Phi) is 3.21. The van der Waals surface area contributed by atoms with Gasteiger partial charge in [-0.15, -0.1) is 11.3 Å². The molecule has 3 unspecified atom stereocenters. The SMILES string of the molecule is CC1CC(C(N)Cc2cccs2)CO1. The highest BCUT2D eigenvalue weighted by Crippen LogP contribution is 2.24. The summed E-state index contributed by atoms with van der Waals surface area (Å²) in [5.74, 6) is 0.548. The molecule has 0 aromatic carbocycles. The van der Waals surface area contributed by atoms with Crippen molar-refractivity contribution in [2.75, 3.05) is 6.61 Å². The van der Waals surface area contributed by atoms with Crippen molar-refractivity contribution in [1.29, 1.82) is 0 Å². The Morgan fingerprint density at radius 1 is 1.71 bits per heavy atom. The number of thiophene rings is 1. The van der Waals surface area contributed by atoms with Gasteiger partial charge < -0.3 is 10.5 Å². The monoisotopic (exact) mass is 211 g/mol. The Bertz CT molecular complexity index is 273. The number of rotatable bonds is 3. The standard InChI is InChI=1S/C11H17NOS/c1-8-5-9(7-13-8)11(12)6-10-3-2-4-14-10/h2-4,8-9,11H,5-7,12H2,1H3. The molecule has 1 fully saturated rings. The van der Waals surface area contributed by atoms with E-state index >= 15 is 0 Å². The van der Waals surface area contributed by atoms with Gasteiger partial charge in [-0.2, -0.15) is 0 Å². The van der Waals surface area contributed by atoms with E-state index in [-0.39, 0.29) is 6.04 Å². The van der Waals surface area contributed by atoms with Gasteiger partial charge in [0, 0.05) is 16.8 Å². The molecule has 2 N–H and O–H groups in total. The van der Waals surface area contributed by atoms with E-state index in [1.807, 2.05) is 0 Å². The maximum absolute atomic E-state index is 6.16. The van der Waals surface area contributed by atoms with Crippen molar-refractivity contribution in [3.63, 3.8) is 0 Å². The number of hydrogen-bond donors (Lipinski definition) is 1. The fourth-order valence-corrected chi connectivity index (χ4v) is 2.75. The number of nitrogens with two attached hydrogens (primary N) is 1. The van der Waals surface area contributed by atoms with Crippen LogP contribution in [0.5, 0.6) is 0 Å². The fourth-order valence-electron chi connectivity index (χ4n) is 1.98. The van der Waals surface area contributed by atoms with Crippen molar-refractivity contribution in [2.24, 2.45) is 11.7 Å². The summed E-state index contributed by atoms with van der Waals surface area (Å²) in [6.45, 7) is 2.96. The van der Waals surface area contributed by atoms with Gasteiger partial charge in [0.2, 0.25) is 0 Å². The zero-order valence-corrected chi connectivity index (χ0v) is 9.30. The Morgan fingerprint density at radius 3 is 3.14 bits per heavy atom. The van der Waals surface area contributed by atoms with Gasteiger partial charge in [0.25, 0.3) is 0 Å². The predicted molar refractivity (Wildman–Crippen MR) is 59.5 cm³/mol. The Hall–Kier alpha value is -0.380. The minimum Gasteiger partial charge on any atom is -0.378 e. The van der Waals surface area contributed by atoms with Crippen LogP contribution in [0.2, 0.25) is 0 Å². The molecule has 3 atom stereocenters. The minimum atomic E-state index is 0.263. The van der Waals surface area contributed by atoms with Crippen molar-refractivity contribution in [3.8, 4) is 0 Å². The lowest BCUT2D eigenvalue weighted by atomic mass is 9.95. The normalized spacial score (nSPS) is 29.3. The molecule has 14 heavy (non-hydrogen) atoms. The van der Waals surface area contributed by atoms with E-state index in [2.05, 4.69) is 24.4 Å². The first-order chi connectivity index (χ1) is 6.75. The number of hydrogen-bond acceptors (Lipinski definition) is 3. The topological polar surface area (TPSA) is 35.2 Å². The third-order valence-corrected chi connectivity index (χ3v) is 3.75. The lowest BCUT2D eigenvalue weighted by Crippen LogP contribution is -2.32. The first kappa shape index (κ1) is 10.1. The average Bonchev–Trinajstić information content (AvgIpc) is 2.75. The minimum absolute atomic E-state index is 0.263. The molecule has 1 saturated heterocycles. The molecule has 1 aromatic rings. The van der Waals surface area contributed by atoms with Crippen LogP contribution in [0.4, 0.5) is 0 Å². The van der Waals surface area contributed by atoms with Crippen molar-refractivity contribution < 1.29 is 4.74 Å². The molecule has 0 amide bonds. The smallest absolute Gasteiger partial charge is 0.0551 e. The third-order valence-electron chi connectivity index (χ3n) is 2.85. The van der Waals surface area contributed by atoms with Crippen LogP contribution in [0.3, 0.4) is 0 Å². The van der Waals surface area contributed by atoms with Crippen LogP contribution in [0, 0.1) is 5.92 Å². The number of ether oxygens (including phenoxy) is 1. The molecular formula is C11H17NOS. The maximum atomic E-state index is 6.16. The quantitative estimate of drug-likeness (QED) is 0.830. The first-order valence-corrected chi connectivity index (χ1v) is 6.03. The first-order valence-electron chi connectivity index (χ1n) is 5.15. The average molecular weight is 211 g/mol. The van der Waals surface area contributed by atoms with E-state index in [9.17, 15) is 0 Å². The summed E-state index contributed by atoms with van der Waals surface area (Å²) in [6.07, 6.45) is 2.51. The highest BCUT2D eigenvalue weighted by Gasteiger charge is 2.27. The largest absolute Gasteiger partial charge is 0.378 e. The van der Waals surface area contributed by atoms with Crippen molar-refractivity contribution in [3.05, 3.63) is 22.4 Å². The zero-order valence-electron chi connectivity index (χ0n) is 8.48. The molecular weight excluding hydrogens is 194 g/mol. The van der Waals surface area contributed by atoms with Crippen LogP contribution in [0.15, 0.2) is 17.5 Å². The van der Waals surface area contributed by atoms with Gasteiger partial charge in [-0.3, -0.25) is 0 Å². The van der Waals surface area contributed by atoms with Crippen LogP contribution in [-0.4, -0.2) is 18.8 Å². The summed E-state index contributed by atoms with van der Waals surface area (Å²) < 4.78 is 5.53. The van der Waals surface area contributed by atoms with E-state index < -0.39 is 0 Å². The summed E-state index contributed by atoms with van der Waals surface area (Å²) in [6, 6.07) is 4.50. The van der Waals surface area contributed by atoms with Crippen molar-refractivity contribution >= 4 is 11.3 Å². The molecule has 2 heterocycles. The van der Waals surface area contributed by atoms with E-state index in [0.29, 0.717) is 12.0 Å². The lowest BCUT2D eigenvalue weighted by molar-refractivity contribution is 0.118.